The lowest BCUT2D eigenvalue weighted by atomic mass is 9.85. The van der Waals surface area contributed by atoms with Gasteiger partial charge in [-0.3, -0.25) is 14.4 Å². The number of carbonyl (C=O) groups excluding carboxylic acids is 1. The maximum absolute atomic E-state index is 11.0. The number of aliphatic carboxylic acids is 3. The molecule has 0 saturated carbocycles. The lowest BCUT2D eigenvalue weighted by Gasteiger charge is -2.19. The van der Waals surface area contributed by atoms with E-state index in [2.05, 4.69) is 11.3 Å². The zero-order valence-electron chi connectivity index (χ0n) is 9.50. The Labute approximate surface area is 101 Å². The lowest BCUT2D eigenvalue weighted by molar-refractivity contribution is -0.178. The molecule has 0 saturated heterocycles. The smallest absolute Gasteiger partial charge is 0.333 e. The molecule has 100 valence electrons. The Kier molecular flexibility index (Phi) is 5.03. The van der Waals surface area contributed by atoms with Crippen LogP contribution in [-0.4, -0.2) is 45.8 Å². The number of ether oxygens (including phenoxy) is 1. The summed E-state index contributed by atoms with van der Waals surface area (Å²) in [5, 5.41) is 26.2. The molecule has 8 nitrogen and oxygen atoms in total. The molecule has 0 aliphatic heterocycles. The number of carbonyl (C=O) groups is 4. The molecule has 18 heavy (non-hydrogen) atoms. The minimum absolute atomic E-state index is 0.0292. The molecule has 0 atom stereocenters. The van der Waals surface area contributed by atoms with E-state index in [-0.39, 0.29) is 5.57 Å². The first-order chi connectivity index (χ1) is 8.16. The van der Waals surface area contributed by atoms with Gasteiger partial charge in [-0.05, 0) is 6.92 Å². The standard InChI is InChI=1S/C10H12O8/c1-5(2)6(11)18-4-3-10(7(12)13,8(14)15)9(16)17/h1,3-4H2,2H3,(H,12,13)(H,14,15)(H,16,17). The van der Waals surface area contributed by atoms with Crippen LogP contribution in [0.3, 0.4) is 0 Å². The maximum Gasteiger partial charge on any atom is 0.333 e. The summed E-state index contributed by atoms with van der Waals surface area (Å²) >= 11 is 0. The fourth-order valence-corrected chi connectivity index (χ4v) is 1.02. The highest BCUT2D eigenvalue weighted by molar-refractivity contribution is 6.16. The van der Waals surface area contributed by atoms with Crippen LogP contribution < -0.4 is 0 Å². The van der Waals surface area contributed by atoms with Crippen molar-refractivity contribution in [2.75, 3.05) is 6.61 Å². The molecule has 8 heteroatoms. The highest BCUT2D eigenvalue weighted by Gasteiger charge is 2.54. The van der Waals surface area contributed by atoms with E-state index in [0.717, 1.165) is 0 Å². The summed E-state index contributed by atoms with van der Waals surface area (Å²) in [5.41, 5.74) is -3.00. The van der Waals surface area contributed by atoms with Gasteiger partial charge in [0.05, 0.1) is 6.61 Å². The van der Waals surface area contributed by atoms with Crippen molar-refractivity contribution in [1.82, 2.24) is 0 Å². The summed E-state index contributed by atoms with van der Waals surface area (Å²) in [6.45, 7) is 3.93. The van der Waals surface area contributed by atoms with Crippen LogP contribution in [-0.2, 0) is 23.9 Å². The molecule has 0 rings (SSSR count). The second kappa shape index (κ2) is 5.80. The fraction of sp³-hybridized carbons (Fsp3) is 0.400. The summed E-state index contributed by atoms with van der Waals surface area (Å²) in [6, 6.07) is 0. The predicted molar refractivity (Wildman–Crippen MR) is 55.7 cm³/mol. The summed E-state index contributed by atoms with van der Waals surface area (Å²) in [4.78, 5) is 43.4. The van der Waals surface area contributed by atoms with Gasteiger partial charge >= 0.3 is 23.9 Å². The Bertz CT molecular complexity index is 372. The van der Waals surface area contributed by atoms with E-state index < -0.39 is 42.3 Å². The Morgan fingerprint density at radius 1 is 1.06 bits per heavy atom. The number of carboxylic acids is 3. The van der Waals surface area contributed by atoms with Crippen LogP contribution in [0.5, 0.6) is 0 Å². The number of hydrogen-bond donors (Lipinski definition) is 3. The maximum atomic E-state index is 11.0. The van der Waals surface area contributed by atoms with Crippen LogP contribution in [0.15, 0.2) is 12.2 Å². The van der Waals surface area contributed by atoms with Crippen LogP contribution in [0.2, 0.25) is 0 Å². The number of rotatable bonds is 7. The topological polar surface area (TPSA) is 138 Å². The molecule has 0 aliphatic rings. The second-order valence-electron chi connectivity index (χ2n) is 3.49. The Morgan fingerprint density at radius 3 is 1.72 bits per heavy atom. The van der Waals surface area contributed by atoms with Gasteiger partial charge in [-0.15, -0.1) is 0 Å². The Hall–Kier alpha value is -2.38. The zero-order chi connectivity index (χ0) is 14.5. The second-order valence-corrected chi connectivity index (χ2v) is 3.49. The summed E-state index contributed by atoms with van der Waals surface area (Å²) < 4.78 is 4.48. The highest BCUT2D eigenvalue weighted by atomic mass is 16.5. The van der Waals surface area contributed by atoms with Crippen LogP contribution >= 0.6 is 0 Å². The SMILES string of the molecule is C=C(C)C(=O)OCCC(C(=O)O)(C(=O)O)C(=O)O. The molecule has 0 aromatic rings. The lowest BCUT2D eigenvalue weighted by Crippen LogP contribution is -2.47. The minimum Gasteiger partial charge on any atom is -0.480 e. The van der Waals surface area contributed by atoms with Crippen LogP contribution in [0.1, 0.15) is 13.3 Å². The Balaban J connectivity index is 4.89. The van der Waals surface area contributed by atoms with Gasteiger partial charge in [-0.2, -0.15) is 0 Å². The monoisotopic (exact) mass is 260 g/mol. The zero-order valence-corrected chi connectivity index (χ0v) is 9.50. The molecule has 0 aromatic heterocycles. The molecule has 0 unspecified atom stereocenters. The average molecular weight is 260 g/mol. The van der Waals surface area contributed by atoms with Gasteiger partial charge in [-0.1, -0.05) is 6.58 Å². The Morgan fingerprint density at radius 2 is 1.44 bits per heavy atom. The summed E-state index contributed by atoms with van der Waals surface area (Å²) in [6.07, 6.45) is -0.883. The van der Waals surface area contributed by atoms with Crippen molar-refractivity contribution in [3.8, 4) is 0 Å². The van der Waals surface area contributed by atoms with Gasteiger partial charge in [-0.25, -0.2) is 4.79 Å². The van der Waals surface area contributed by atoms with Crippen molar-refractivity contribution >= 4 is 23.9 Å². The molecule has 0 spiro atoms. The van der Waals surface area contributed by atoms with Gasteiger partial charge in [0.25, 0.3) is 5.41 Å². The third kappa shape index (κ3) is 3.06. The fourth-order valence-electron chi connectivity index (χ4n) is 1.02. The molecule has 0 bridgehead atoms. The van der Waals surface area contributed by atoms with E-state index in [1.807, 2.05) is 0 Å². The third-order valence-electron chi connectivity index (χ3n) is 2.15. The van der Waals surface area contributed by atoms with E-state index in [1.54, 1.807) is 0 Å². The van der Waals surface area contributed by atoms with Gasteiger partial charge in [0, 0.05) is 12.0 Å². The quantitative estimate of drug-likeness (QED) is 0.323. The number of carboxylic acid groups (broad SMARTS) is 3. The molecular weight excluding hydrogens is 248 g/mol. The summed E-state index contributed by atoms with van der Waals surface area (Å²) in [7, 11) is 0. The van der Waals surface area contributed by atoms with Crippen molar-refractivity contribution in [2.45, 2.75) is 13.3 Å². The molecule has 3 N–H and O–H groups in total. The van der Waals surface area contributed by atoms with Gasteiger partial charge < -0.3 is 20.1 Å². The third-order valence-corrected chi connectivity index (χ3v) is 2.15. The minimum atomic E-state index is -3.03. The molecule has 0 aliphatic carbocycles. The molecule has 0 amide bonds. The van der Waals surface area contributed by atoms with Crippen LogP contribution in [0.25, 0.3) is 0 Å². The largest absolute Gasteiger partial charge is 0.480 e. The molecule has 0 radical (unpaired) electrons. The predicted octanol–water partition coefficient (Wildman–Crippen LogP) is -0.264. The highest BCUT2D eigenvalue weighted by Crippen LogP contribution is 2.24. The summed E-state index contributed by atoms with van der Waals surface area (Å²) in [5.74, 6) is -6.96. The van der Waals surface area contributed by atoms with Crippen LogP contribution in [0, 0.1) is 5.41 Å². The van der Waals surface area contributed by atoms with E-state index in [0.29, 0.717) is 0 Å². The van der Waals surface area contributed by atoms with E-state index >= 15 is 0 Å². The van der Waals surface area contributed by atoms with Gasteiger partial charge in [0.1, 0.15) is 0 Å². The number of hydrogen-bond acceptors (Lipinski definition) is 5. The molecule has 0 heterocycles. The first kappa shape index (κ1) is 15.6. The van der Waals surface area contributed by atoms with Crippen molar-refractivity contribution in [1.29, 1.82) is 0 Å². The van der Waals surface area contributed by atoms with Crippen LogP contribution in [0.4, 0.5) is 0 Å². The van der Waals surface area contributed by atoms with Gasteiger partial charge in [0.2, 0.25) is 0 Å². The first-order valence-electron chi connectivity index (χ1n) is 4.69. The molecule has 0 fully saturated rings. The van der Waals surface area contributed by atoms with E-state index in [1.165, 1.54) is 6.92 Å². The van der Waals surface area contributed by atoms with Gasteiger partial charge in [0.15, 0.2) is 0 Å². The van der Waals surface area contributed by atoms with E-state index in [4.69, 9.17) is 15.3 Å². The normalized spacial score (nSPS) is 10.5. The van der Waals surface area contributed by atoms with Crippen molar-refractivity contribution < 1.29 is 39.2 Å². The molecule has 0 aromatic carbocycles. The van der Waals surface area contributed by atoms with Crippen molar-refractivity contribution in [3.63, 3.8) is 0 Å². The molecular formula is C10H12O8. The average Bonchev–Trinajstić information content (AvgIpc) is 2.21. The van der Waals surface area contributed by atoms with E-state index in [9.17, 15) is 19.2 Å². The van der Waals surface area contributed by atoms with Crippen molar-refractivity contribution in [2.24, 2.45) is 5.41 Å². The first-order valence-corrected chi connectivity index (χ1v) is 4.69. The van der Waals surface area contributed by atoms with Crippen molar-refractivity contribution in [3.05, 3.63) is 12.2 Å². The number of esters is 1.